The molecule has 5 nitrogen and oxygen atoms in total. The second-order valence-electron chi connectivity index (χ2n) is 4.27. The lowest BCUT2D eigenvalue weighted by Gasteiger charge is -2.14. The summed E-state index contributed by atoms with van der Waals surface area (Å²) in [6.45, 7) is 0. The van der Waals surface area contributed by atoms with Gasteiger partial charge in [0.2, 0.25) is 0 Å². The molecule has 6 heteroatoms. The van der Waals surface area contributed by atoms with Crippen LogP contribution in [0.5, 0.6) is 0 Å². The van der Waals surface area contributed by atoms with E-state index in [1.165, 1.54) is 6.07 Å². The standard InChI is InChI=1S/C15H12BrNO4/c16-11-8-4-7-10(15(20)21)12(11)17-14(19)13(18)9-5-2-1-3-6-9/h1-8,13,18H,(H,17,19)(H,20,21). The molecule has 0 spiro atoms. The number of carbonyl (C=O) groups excluding carboxylic acids is 1. The first-order chi connectivity index (χ1) is 10.0. The van der Waals surface area contributed by atoms with Crippen LogP contribution < -0.4 is 5.32 Å². The highest BCUT2D eigenvalue weighted by Gasteiger charge is 2.21. The van der Waals surface area contributed by atoms with E-state index in [1.807, 2.05) is 0 Å². The first-order valence-corrected chi connectivity index (χ1v) is 6.85. The van der Waals surface area contributed by atoms with Gasteiger partial charge in [0, 0.05) is 4.47 Å². The third-order valence-corrected chi connectivity index (χ3v) is 3.52. The van der Waals surface area contributed by atoms with E-state index in [9.17, 15) is 14.7 Å². The lowest BCUT2D eigenvalue weighted by Crippen LogP contribution is -2.22. The van der Waals surface area contributed by atoms with Crippen molar-refractivity contribution in [1.82, 2.24) is 0 Å². The van der Waals surface area contributed by atoms with Crippen molar-refractivity contribution in [2.45, 2.75) is 6.10 Å². The third kappa shape index (κ3) is 3.48. The Morgan fingerprint density at radius 1 is 1.05 bits per heavy atom. The summed E-state index contributed by atoms with van der Waals surface area (Å²) >= 11 is 3.19. The molecule has 2 rings (SSSR count). The third-order valence-electron chi connectivity index (χ3n) is 2.86. The average Bonchev–Trinajstić information content (AvgIpc) is 2.49. The predicted molar refractivity (Wildman–Crippen MR) is 81.1 cm³/mol. The van der Waals surface area contributed by atoms with Gasteiger partial charge in [-0.05, 0) is 33.6 Å². The van der Waals surface area contributed by atoms with E-state index in [2.05, 4.69) is 21.2 Å². The lowest BCUT2D eigenvalue weighted by atomic mass is 10.1. The van der Waals surface area contributed by atoms with Gasteiger partial charge in [-0.25, -0.2) is 4.79 Å². The summed E-state index contributed by atoms with van der Waals surface area (Å²) in [5.74, 6) is -1.86. The van der Waals surface area contributed by atoms with Crippen LogP contribution in [0.2, 0.25) is 0 Å². The van der Waals surface area contributed by atoms with Crippen LogP contribution in [-0.4, -0.2) is 22.1 Å². The van der Waals surface area contributed by atoms with Crippen molar-refractivity contribution < 1.29 is 19.8 Å². The van der Waals surface area contributed by atoms with Crippen LogP contribution in [0.15, 0.2) is 53.0 Å². The highest BCUT2D eigenvalue weighted by Crippen LogP contribution is 2.27. The van der Waals surface area contributed by atoms with Crippen molar-refractivity contribution in [2.75, 3.05) is 5.32 Å². The molecule has 1 unspecified atom stereocenters. The van der Waals surface area contributed by atoms with Crippen molar-refractivity contribution in [1.29, 1.82) is 0 Å². The van der Waals surface area contributed by atoms with Crippen LogP contribution in [-0.2, 0) is 4.79 Å². The quantitative estimate of drug-likeness (QED) is 0.791. The number of hydrogen-bond donors (Lipinski definition) is 3. The summed E-state index contributed by atoms with van der Waals surface area (Å²) in [6.07, 6.45) is -1.38. The van der Waals surface area contributed by atoms with E-state index in [1.54, 1.807) is 42.5 Å². The number of amides is 1. The monoisotopic (exact) mass is 349 g/mol. The molecule has 3 N–H and O–H groups in total. The maximum Gasteiger partial charge on any atom is 0.337 e. The fraction of sp³-hybridized carbons (Fsp3) is 0.0667. The Morgan fingerprint density at radius 3 is 2.33 bits per heavy atom. The molecule has 21 heavy (non-hydrogen) atoms. The summed E-state index contributed by atoms with van der Waals surface area (Å²) < 4.78 is 0.427. The number of aromatic carboxylic acids is 1. The first kappa shape index (κ1) is 15.2. The van der Waals surface area contributed by atoms with Gasteiger partial charge >= 0.3 is 5.97 Å². The molecule has 0 fully saturated rings. The van der Waals surface area contributed by atoms with Crippen LogP contribution in [0.25, 0.3) is 0 Å². The number of hydrogen-bond acceptors (Lipinski definition) is 3. The topological polar surface area (TPSA) is 86.6 Å². The predicted octanol–water partition coefficient (Wildman–Crippen LogP) is 2.82. The summed E-state index contributed by atoms with van der Waals surface area (Å²) in [5, 5.41) is 21.6. The van der Waals surface area contributed by atoms with Gasteiger partial charge in [-0.1, -0.05) is 36.4 Å². The van der Waals surface area contributed by atoms with E-state index in [-0.39, 0.29) is 11.3 Å². The molecule has 2 aromatic carbocycles. The smallest absolute Gasteiger partial charge is 0.337 e. The second kappa shape index (κ2) is 6.51. The molecule has 2 aromatic rings. The number of anilines is 1. The number of benzene rings is 2. The Bertz CT molecular complexity index is 673. The van der Waals surface area contributed by atoms with Gasteiger partial charge in [0.15, 0.2) is 6.10 Å². The van der Waals surface area contributed by atoms with Gasteiger partial charge in [0.05, 0.1) is 11.3 Å². The Balaban J connectivity index is 2.26. The van der Waals surface area contributed by atoms with Gasteiger partial charge in [-0.15, -0.1) is 0 Å². The Kier molecular flexibility index (Phi) is 4.72. The number of aliphatic hydroxyl groups is 1. The zero-order valence-electron chi connectivity index (χ0n) is 10.8. The summed E-state index contributed by atoms with van der Waals surface area (Å²) in [6, 6.07) is 12.9. The molecule has 0 bridgehead atoms. The van der Waals surface area contributed by atoms with E-state index < -0.39 is 18.0 Å². The number of carboxylic acid groups (broad SMARTS) is 1. The zero-order chi connectivity index (χ0) is 15.4. The molecule has 0 radical (unpaired) electrons. The molecular formula is C15H12BrNO4. The second-order valence-corrected chi connectivity index (χ2v) is 5.12. The molecule has 108 valence electrons. The Morgan fingerprint density at radius 2 is 1.71 bits per heavy atom. The minimum absolute atomic E-state index is 0.0574. The zero-order valence-corrected chi connectivity index (χ0v) is 12.4. The molecule has 0 aliphatic carbocycles. The van der Waals surface area contributed by atoms with Gasteiger partial charge in [0.25, 0.3) is 5.91 Å². The number of halogens is 1. The van der Waals surface area contributed by atoms with Gasteiger partial charge in [0.1, 0.15) is 0 Å². The van der Waals surface area contributed by atoms with Crippen LogP contribution >= 0.6 is 15.9 Å². The molecule has 1 amide bonds. The fourth-order valence-electron chi connectivity index (χ4n) is 1.81. The van der Waals surface area contributed by atoms with Crippen molar-refractivity contribution in [3.8, 4) is 0 Å². The maximum atomic E-state index is 12.1. The molecule has 0 saturated heterocycles. The molecule has 0 aromatic heterocycles. The van der Waals surface area contributed by atoms with Crippen molar-refractivity contribution in [2.24, 2.45) is 0 Å². The number of rotatable bonds is 4. The number of para-hydroxylation sites is 1. The Hall–Kier alpha value is -2.18. The molecular weight excluding hydrogens is 338 g/mol. The van der Waals surface area contributed by atoms with Gasteiger partial charge in [-0.2, -0.15) is 0 Å². The summed E-state index contributed by atoms with van der Waals surface area (Å²) in [4.78, 5) is 23.2. The van der Waals surface area contributed by atoms with Crippen LogP contribution in [0.4, 0.5) is 5.69 Å². The minimum atomic E-state index is -1.38. The fourth-order valence-corrected chi connectivity index (χ4v) is 2.27. The average molecular weight is 350 g/mol. The van der Waals surface area contributed by atoms with E-state index in [0.29, 0.717) is 10.0 Å². The van der Waals surface area contributed by atoms with Gasteiger partial charge < -0.3 is 15.5 Å². The number of aliphatic hydroxyl groups excluding tert-OH is 1. The minimum Gasteiger partial charge on any atom is -0.478 e. The highest BCUT2D eigenvalue weighted by molar-refractivity contribution is 9.10. The SMILES string of the molecule is O=C(O)c1cccc(Br)c1NC(=O)C(O)c1ccccc1. The molecule has 1 atom stereocenters. The summed E-state index contributed by atoms with van der Waals surface area (Å²) in [5.41, 5.74) is 0.488. The van der Waals surface area contributed by atoms with Crippen molar-refractivity contribution >= 4 is 33.5 Å². The molecule has 0 aliphatic heterocycles. The van der Waals surface area contributed by atoms with E-state index in [0.717, 1.165) is 0 Å². The largest absolute Gasteiger partial charge is 0.478 e. The number of carboxylic acids is 1. The van der Waals surface area contributed by atoms with Crippen LogP contribution in [0.1, 0.15) is 22.0 Å². The van der Waals surface area contributed by atoms with Crippen molar-refractivity contribution in [3.05, 3.63) is 64.1 Å². The van der Waals surface area contributed by atoms with Crippen molar-refractivity contribution in [3.63, 3.8) is 0 Å². The molecule has 0 heterocycles. The Labute approximate surface area is 129 Å². The van der Waals surface area contributed by atoms with Crippen LogP contribution in [0, 0.1) is 0 Å². The highest BCUT2D eigenvalue weighted by atomic mass is 79.9. The lowest BCUT2D eigenvalue weighted by molar-refractivity contribution is -0.124. The molecule has 0 saturated carbocycles. The maximum absolute atomic E-state index is 12.1. The molecule has 0 aliphatic rings. The normalized spacial score (nSPS) is 11.7. The number of carbonyl (C=O) groups is 2. The summed E-state index contributed by atoms with van der Waals surface area (Å²) in [7, 11) is 0. The first-order valence-electron chi connectivity index (χ1n) is 6.06. The van der Waals surface area contributed by atoms with Gasteiger partial charge in [-0.3, -0.25) is 4.79 Å². The van der Waals surface area contributed by atoms with Crippen LogP contribution in [0.3, 0.4) is 0 Å². The van der Waals surface area contributed by atoms with E-state index >= 15 is 0 Å². The number of nitrogens with one attached hydrogen (secondary N) is 1. The van der Waals surface area contributed by atoms with E-state index in [4.69, 9.17) is 5.11 Å².